The first-order chi connectivity index (χ1) is 11.7. The Kier molecular flexibility index (Phi) is 4.07. The predicted molar refractivity (Wildman–Crippen MR) is 81.9 cm³/mol. The number of rotatable bonds is 3. The van der Waals surface area contributed by atoms with E-state index in [1.165, 1.54) is 10.7 Å². The fraction of sp³-hybridized carbons (Fsp3) is 0.333. The van der Waals surface area contributed by atoms with E-state index in [0.29, 0.717) is 11.5 Å². The summed E-state index contributed by atoms with van der Waals surface area (Å²) in [6, 6.07) is 1.60. The van der Waals surface area contributed by atoms with Crippen molar-refractivity contribution in [2.45, 2.75) is 32.7 Å². The SMILES string of the molecule is Cc1nc2c(c(CO)nn2C(C)c2ccc(C(F)(F)F)cn2)c(=O)[nH]1. The van der Waals surface area contributed by atoms with Crippen molar-refractivity contribution in [2.24, 2.45) is 0 Å². The van der Waals surface area contributed by atoms with Crippen molar-refractivity contribution in [1.82, 2.24) is 24.7 Å². The molecule has 0 spiro atoms. The number of aromatic nitrogens is 5. The van der Waals surface area contributed by atoms with E-state index in [0.717, 1.165) is 12.3 Å². The van der Waals surface area contributed by atoms with E-state index < -0.39 is 29.9 Å². The minimum Gasteiger partial charge on any atom is -0.390 e. The molecule has 1 unspecified atom stereocenters. The van der Waals surface area contributed by atoms with Gasteiger partial charge in [-0.25, -0.2) is 9.67 Å². The lowest BCUT2D eigenvalue weighted by Gasteiger charge is -2.14. The number of pyridine rings is 1. The van der Waals surface area contributed by atoms with E-state index in [2.05, 4.69) is 20.1 Å². The van der Waals surface area contributed by atoms with Gasteiger partial charge in [0.1, 0.15) is 16.9 Å². The van der Waals surface area contributed by atoms with Crippen molar-refractivity contribution in [2.75, 3.05) is 0 Å². The van der Waals surface area contributed by atoms with Crippen LogP contribution in [0.25, 0.3) is 11.0 Å². The Bertz CT molecular complexity index is 976. The molecule has 0 bridgehead atoms. The fourth-order valence-electron chi connectivity index (χ4n) is 2.55. The van der Waals surface area contributed by atoms with Crippen molar-refractivity contribution >= 4 is 11.0 Å². The van der Waals surface area contributed by atoms with Crippen LogP contribution in [0.15, 0.2) is 23.1 Å². The third-order valence-electron chi connectivity index (χ3n) is 3.81. The van der Waals surface area contributed by atoms with Crippen LogP contribution in [0.2, 0.25) is 0 Å². The van der Waals surface area contributed by atoms with Gasteiger partial charge < -0.3 is 10.1 Å². The summed E-state index contributed by atoms with van der Waals surface area (Å²) in [5, 5.41) is 13.7. The summed E-state index contributed by atoms with van der Waals surface area (Å²) in [6.07, 6.45) is -3.72. The van der Waals surface area contributed by atoms with Crippen LogP contribution in [-0.2, 0) is 12.8 Å². The Morgan fingerprint density at radius 3 is 2.64 bits per heavy atom. The highest BCUT2D eigenvalue weighted by Crippen LogP contribution is 2.29. The molecule has 0 aliphatic rings. The third kappa shape index (κ3) is 3.00. The number of hydrogen-bond donors (Lipinski definition) is 2. The van der Waals surface area contributed by atoms with Gasteiger partial charge in [-0.2, -0.15) is 18.3 Å². The Labute approximate surface area is 139 Å². The molecule has 0 aromatic carbocycles. The van der Waals surface area contributed by atoms with Gasteiger partial charge in [0.25, 0.3) is 5.56 Å². The van der Waals surface area contributed by atoms with Crippen LogP contribution in [0.4, 0.5) is 13.2 Å². The number of aliphatic hydroxyl groups excluding tert-OH is 1. The van der Waals surface area contributed by atoms with Crippen LogP contribution in [0, 0.1) is 6.92 Å². The zero-order chi connectivity index (χ0) is 18.4. The van der Waals surface area contributed by atoms with Crippen LogP contribution in [-0.4, -0.2) is 29.8 Å². The Morgan fingerprint density at radius 1 is 1.36 bits per heavy atom. The highest BCUT2D eigenvalue weighted by Gasteiger charge is 2.31. The molecule has 3 aromatic rings. The number of fused-ring (bicyclic) bond motifs is 1. The molecule has 0 saturated carbocycles. The number of alkyl halides is 3. The van der Waals surface area contributed by atoms with Crippen molar-refractivity contribution in [3.8, 4) is 0 Å². The molecule has 3 aromatic heterocycles. The van der Waals surface area contributed by atoms with E-state index in [4.69, 9.17) is 0 Å². The number of aryl methyl sites for hydroxylation is 1. The molecule has 0 fully saturated rings. The second-order valence-corrected chi connectivity index (χ2v) is 5.54. The first-order valence-corrected chi connectivity index (χ1v) is 7.34. The fourth-order valence-corrected chi connectivity index (χ4v) is 2.55. The number of nitrogens with one attached hydrogen (secondary N) is 1. The quantitative estimate of drug-likeness (QED) is 0.750. The summed E-state index contributed by atoms with van der Waals surface area (Å²) < 4.78 is 39.3. The van der Waals surface area contributed by atoms with E-state index in [9.17, 15) is 23.1 Å². The van der Waals surface area contributed by atoms with Crippen LogP contribution in [0.3, 0.4) is 0 Å². The Morgan fingerprint density at radius 2 is 2.08 bits per heavy atom. The first-order valence-electron chi connectivity index (χ1n) is 7.34. The number of aliphatic hydroxyl groups is 1. The molecule has 3 rings (SSSR count). The van der Waals surface area contributed by atoms with Gasteiger partial charge in [0.05, 0.1) is 23.9 Å². The second-order valence-electron chi connectivity index (χ2n) is 5.54. The molecule has 3 heterocycles. The third-order valence-corrected chi connectivity index (χ3v) is 3.81. The highest BCUT2D eigenvalue weighted by atomic mass is 19.4. The average Bonchev–Trinajstić information content (AvgIpc) is 2.92. The zero-order valence-corrected chi connectivity index (χ0v) is 13.3. The lowest BCUT2D eigenvalue weighted by molar-refractivity contribution is -0.137. The zero-order valence-electron chi connectivity index (χ0n) is 13.3. The number of H-pyrrole nitrogens is 1. The summed E-state index contributed by atoms with van der Waals surface area (Å²) in [6.45, 7) is 2.80. The van der Waals surface area contributed by atoms with Crippen LogP contribution in [0.1, 0.15) is 35.7 Å². The van der Waals surface area contributed by atoms with Gasteiger partial charge in [-0.3, -0.25) is 9.78 Å². The summed E-state index contributed by atoms with van der Waals surface area (Å²) >= 11 is 0. The average molecular weight is 353 g/mol. The largest absolute Gasteiger partial charge is 0.417 e. The maximum absolute atomic E-state index is 12.7. The van der Waals surface area contributed by atoms with Gasteiger partial charge in [-0.15, -0.1) is 0 Å². The molecule has 0 amide bonds. The topological polar surface area (TPSA) is 96.7 Å². The smallest absolute Gasteiger partial charge is 0.390 e. The molecule has 0 radical (unpaired) electrons. The van der Waals surface area contributed by atoms with E-state index in [1.807, 2.05) is 0 Å². The minimum absolute atomic E-state index is 0.141. The van der Waals surface area contributed by atoms with Gasteiger partial charge in [0, 0.05) is 6.20 Å². The lowest BCUT2D eigenvalue weighted by Crippen LogP contribution is -2.14. The molecular weight excluding hydrogens is 339 g/mol. The molecule has 0 aliphatic carbocycles. The van der Waals surface area contributed by atoms with Crippen LogP contribution < -0.4 is 5.56 Å². The minimum atomic E-state index is -4.47. The standard InChI is InChI=1S/C15H14F3N5O2/c1-7(10-4-3-9(5-19-10)15(16,17)18)23-13-12(11(6-24)22-23)14(25)21-8(2)20-13/h3-5,7,24H,6H2,1-2H3,(H,20,21,25). The maximum Gasteiger partial charge on any atom is 0.417 e. The maximum atomic E-state index is 12.7. The van der Waals surface area contributed by atoms with Crippen molar-refractivity contribution in [3.05, 3.63) is 51.5 Å². The Hall–Kier alpha value is -2.75. The molecule has 132 valence electrons. The van der Waals surface area contributed by atoms with Crippen molar-refractivity contribution < 1.29 is 18.3 Å². The van der Waals surface area contributed by atoms with Crippen LogP contribution in [0.5, 0.6) is 0 Å². The molecular formula is C15H14F3N5O2. The molecule has 0 saturated heterocycles. The normalized spacial score (nSPS) is 13.4. The highest BCUT2D eigenvalue weighted by molar-refractivity contribution is 5.77. The van der Waals surface area contributed by atoms with Gasteiger partial charge in [0.15, 0.2) is 5.65 Å². The van der Waals surface area contributed by atoms with Crippen molar-refractivity contribution in [3.63, 3.8) is 0 Å². The molecule has 7 nitrogen and oxygen atoms in total. The molecule has 10 heteroatoms. The second kappa shape index (κ2) is 5.96. The summed E-state index contributed by atoms with van der Waals surface area (Å²) in [5.74, 6) is 0.357. The van der Waals surface area contributed by atoms with Crippen LogP contribution >= 0.6 is 0 Å². The Balaban J connectivity index is 2.11. The molecule has 1 atom stereocenters. The number of halogens is 3. The number of aromatic amines is 1. The molecule has 2 N–H and O–H groups in total. The van der Waals surface area contributed by atoms with E-state index in [1.54, 1.807) is 13.8 Å². The van der Waals surface area contributed by atoms with Gasteiger partial charge in [0.2, 0.25) is 0 Å². The monoisotopic (exact) mass is 353 g/mol. The van der Waals surface area contributed by atoms with Gasteiger partial charge in [-0.1, -0.05) is 0 Å². The van der Waals surface area contributed by atoms with Crippen molar-refractivity contribution in [1.29, 1.82) is 0 Å². The van der Waals surface area contributed by atoms with E-state index in [-0.39, 0.29) is 16.7 Å². The number of nitrogens with zero attached hydrogens (tertiary/aromatic N) is 4. The summed E-state index contributed by atoms with van der Waals surface area (Å²) in [4.78, 5) is 22.7. The first kappa shape index (κ1) is 17.1. The van der Waals surface area contributed by atoms with E-state index >= 15 is 0 Å². The van der Waals surface area contributed by atoms with Gasteiger partial charge in [-0.05, 0) is 26.0 Å². The number of hydrogen-bond acceptors (Lipinski definition) is 5. The molecule has 0 aliphatic heterocycles. The molecule has 25 heavy (non-hydrogen) atoms. The summed E-state index contributed by atoms with van der Waals surface area (Å²) in [7, 11) is 0. The predicted octanol–water partition coefficient (Wildman–Crippen LogP) is 1.94. The lowest BCUT2D eigenvalue weighted by atomic mass is 10.2. The summed E-state index contributed by atoms with van der Waals surface area (Å²) in [5.41, 5.74) is -0.593. The van der Waals surface area contributed by atoms with Gasteiger partial charge >= 0.3 is 6.18 Å².